The van der Waals surface area contributed by atoms with Crippen molar-refractivity contribution in [2.75, 3.05) is 6.54 Å². The monoisotopic (exact) mass is 196 g/mol. The summed E-state index contributed by atoms with van der Waals surface area (Å²) in [5.74, 6) is 1.73. The van der Waals surface area contributed by atoms with E-state index in [1.807, 2.05) is 0 Å². The van der Waals surface area contributed by atoms with Crippen LogP contribution in [-0.2, 0) is 4.79 Å². The van der Waals surface area contributed by atoms with Crippen LogP contribution >= 0.6 is 0 Å². The predicted octanol–water partition coefficient (Wildman–Crippen LogP) is 1.25. The first-order chi connectivity index (χ1) is 6.65. The van der Waals surface area contributed by atoms with Crippen LogP contribution in [-0.4, -0.2) is 18.1 Å². The molecule has 0 radical (unpaired) electrons. The summed E-state index contributed by atoms with van der Waals surface area (Å²) in [7, 11) is 0. The average Bonchev–Trinajstić information content (AvgIpc) is 2.74. The molecule has 2 N–H and O–H groups in total. The molecule has 2 rings (SSSR count). The van der Waals surface area contributed by atoms with Gasteiger partial charge >= 0.3 is 0 Å². The molecule has 1 saturated heterocycles. The molecule has 0 aromatic carbocycles. The minimum atomic E-state index is -0.0365. The SMILES string of the molecule is CCC(C)C1CCC2(C1)NCC(=O)N2. The molecular weight excluding hydrogens is 176 g/mol. The Morgan fingerprint density at radius 1 is 1.64 bits per heavy atom. The number of rotatable bonds is 2. The predicted molar refractivity (Wildman–Crippen MR) is 55.7 cm³/mol. The summed E-state index contributed by atoms with van der Waals surface area (Å²) in [6, 6.07) is 0. The third-order valence-electron chi connectivity index (χ3n) is 3.97. The van der Waals surface area contributed by atoms with Crippen LogP contribution in [0.25, 0.3) is 0 Å². The Labute approximate surface area is 85.6 Å². The largest absolute Gasteiger partial charge is 0.337 e. The maximum atomic E-state index is 11.2. The van der Waals surface area contributed by atoms with Crippen molar-refractivity contribution in [3.05, 3.63) is 0 Å². The van der Waals surface area contributed by atoms with Crippen molar-refractivity contribution >= 4 is 5.91 Å². The number of hydrogen-bond acceptors (Lipinski definition) is 2. The highest BCUT2D eigenvalue weighted by molar-refractivity contribution is 5.81. The Kier molecular flexibility index (Phi) is 2.52. The lowest BCUT2D eigenvalue weighted by Crippen LogP contribution is -2.47. The Hall–Kier alpha value is -0.570. The summed E-state index contributed by atoms with van der Waals surface area (Å²) in [5, 5.41) is 6.42. The van der Waals surface area contributed by atoms with E-state index in [-0.39, 0.29) is 11.6 Å². The summed E-state index contributed by atoms with van der Waals surface area (Å²) in [6.45, 7) is 5.07. The van der Waals surface area contributed by atoms with Crippen LogP contribution in [0.2, 0.25) is 0 Å². The van der Waals surface area contributed by atoms with Crippen LogP contribution < -0.4 is 10.6 Å². The zero-order chi connectivity index (χ0) is 10.2. The van der Waals surface area contributed by atoms with Gasteiger partial charge in [0.1, 0.15) is 0 Å². The first-order valence-corrected chi connectivity index (χ1v) is 5.71. The van der Waals surface area contributed by atoms with E-state index in [0.717, 1.165) is 24.7 Å². The Morgan fingerprint density at radius 2 is 2.43 bits per heavy atom. The second-order valence-corrected chi connectivity index (χ2v) is 4.87. The molecule has 1 aliphatic heterocycles. The maximum Gasteiger partial charge on any atom is 0.235 e. The van der Waals surface area contributed by atoms with Gasteiger partial charge in [0, 0.05) is 0 Å². The van der Waals surface area contributed by atoms with E-state index in [1.54, 1.807) is 0 Å². The standard InChI is InChI=1S/C11H20N2O/c1-3-8(2)9-4-5-11(6-9)12-7-10(14)13-11/h8-9,12H,3-7H2,1-2H3,(H,13,14). The molecular formula is C11H20N2O. The van der Waals surface area contributed by atoms with Gasteiger partial charge in [0.05, 0.1) is 12.2 Å². The minimum absolute atomic E-state index is 0.0365. The van der Waals surface area contributed by atoms with Crippen molar-refractivity contribution in [1.82, 2.24) is 10.6 Å². The summed E-state index contributed by atoms with van der Waals surface area (Å²) in [4.78, 5) is 11.2. The fourth-order valence-corrected chi connectivity index (χ4v) is 2.78. The molecule has 0 bridgehead atoms. The number of carbonyl (C=O) groups is 1. The number of carbonyl (C=O) groups excluding carboxylic acids is 1. The highest BCUT2D eigenvalue weighted by atomic mass is 16.2. The summed E-state index contributed by atoms with van der Waals surface area (Å²) in [5.41, 5.74) is -0.0365. The van der Waals surface area contributed by atoms with Gasteiger partial charge < -0.3 is 5.32 Å². The fraction of sp³-hybridized carbons (Fsp3) is 0.909. The van der Waals surface area contributed by atoms with Gasteiger partial charge in [0.15, 0.2) is 0 Å². The van der Waals surface area contributed by atoms with Crippen LogP contribution in [0.1, 0.15) is 39.5 Å². The van der Waals surface area contributed by atoms with Gasteiger partial charge in [-0.2, -0.15) is 0 Å². The molecule has 3 heteroatoms. The Balaban J connectivity index is 1.97. The summed E-state index contributed by atoms with van der Waals surface area (Å²) >= 11 is 0. The maximum absolute atomic E-state index is 11.2. The van der Waals surface area contributed by atoms with Gasteiger partial charge in [-0.3, -0.25) is 10.1 Å². The summed E-state index contributed by atoms with van der Waals surface area (Å²) in [6.07, 6.45) is 4.72. The first-order valence-electron chi connectivity index (χ1n) is 5.71. The molecule has 3 atom stereocenters. The number of hydrogen-bond donors (Lipinski definition) is 2. The van der Waals surface area contributed by atoms with Crippen molar-refractivity contribution in [2.45, 2.75) is 45.2 Å². The molecule has 1 heterocycles. The van der Waals surface area contributed by atoms with Gasteiger partial charge in [-0.1, -0.05) is 20.3 Å². The van der Waals surface area contributed by atoms with Gasteiger partial charge in [0.25, 0.3) is 0 Å². The smallest absolute Gasteiger partial charge is 0.235 e. The van der Waals surface area contributed by atoms with Crippen LogP contribution in [0.3, 0.4) is 0 Å². The topological polar surface area (TPSA) is 41.1 Å². The number of amides is 1. The molecule has 1 amide bonds. The third kappa shape index (κ3) is 1.65. The van der Waals surface area contributed by atoms with Crippen molar-refractivity contribution in [3.63, 3.8) is 0 Å². The van der Waals surface area contributed by atoms with Crippen molar-refractivity contribution < 1.29 is 4.79 Å². The lowest BCUT2D eigenvalue weighted by molar-refractivity contribution is -0.118. The lowest BCUT2D eigenvalue weighted by atomic mass is 9.90. The molecule has 3 nitrogen and oxygen atoms in total. The van der Waals surface area contributed by atoms with Crippen LogP contribution in [0.5, 0.6) is 0 Å². The molecule has 2 aliphatic rings. The van der Waals surface area contributed by atoms with Crippen molar-refractivity contribution in [1.29, 1.82) is 0 Å². The van der Waals surface area contributed by atoms with Crippen LogP contribution in [0.15, 0.2) is 0 Å². The zero-order valence-corrected chi connectivity index (χ0v) is 9.10. The van der Waals surface area contributed by atoms with E-state index in [0.29, 0.717) is 6.54 Å². The van der Waals surface area contributed by atoms with Crippen molar-refractivity contribution in [2.24, 2.45) is 11.8 Å². The van der Waals surface area contributed by atoms with E-state index >= 15 is 0 Å². The van der Waals surface area contributed by atoms with E-state index in [2.05, 4.69) is 24.5 Å². The Bertz CT molecular complexity index is 241. The average molecular weight is 196 g/mol. The molecule has 1 aliphatic carbocycles. The van der Waals surface area contributed by atoms with Crippen molar-refractivity contribution in [3.8, 4) is 0 Å². The third-order valence-corrected chi connectivity index (χ3v) is 3.97. The molecule has 2 fully saturated rings. The van der Waals surface area contributed by atoms with Gasteiger partial charge in [0.2, 0.25) is 5.91 Å². The quantitative estimate of drug-likeness (QED) is 0.698. The van der Waals surface area contributed by atoms with Gasteiger partial charge in [-0.25, -0.2) is 0 Å². The fourth-order valence-electron chi connectivity index (χ4n) is 2.78. The second kappa shape index (κ2) is 3.54. The highest BCUT2D eigenvalue weighted by Gasteiger charge is 2.44. The second-order valence-electron chi connectivity index (χ2n) is 4.87. The molecule has 0 aromatic rings. The lowest BCUT2D eigenvalue weighted by Gasteiger charge is -2.25. The van der Waals surface area contributed by atoms with E-state index in [1.165, 1.54) is 12.8 Å². The molecule has 1 saturated carbocycles. The summed E-state index contributed by atoms with van der Waals surface area (Å²) < 4.78 is 0. The number of nitrogens with one attached hydrogen (secondary N) is 2. The van der Waals surface area contributed by atoms with E-state index < -0.39 is 0 Å². The normalized spacial score (nSPS) is 39.0. The molecule has 0 aromatic heterocycles. The first kappa shape index (κ1) is 9.97. The van der Waals surface area contributed by atoms with Gasteiger partial charge in [-0.05, 0) is 31.1 Å². The van der Waals surface area contributed by atoms with E-state index in [4.69, 9.17) is 0 Å². The minimum Gasteiger partial charge on any atom is -0.337 e. The van der Waals surface area contributed by atoms with Crippen LogP contribution in [0.4, 0.5) is 0 Å². The molecule has 80 valence electrons. The van der Waals surface area contributed by atoms with Gasteiger partial charge in [-0.15, -0.1) is 0 Å². The Morgan fingerprint density at radius 3 is 3.00 bits per heavy atom. The molecule has 3 unspecified atom stereocenters. The van der Waals surface area contributed by atoms with E-state index in [9.17, 15) is 4.79 Å². The molecule has 14 heavy (non-hydrogen) atoms. The molecule has 1 spiro atoms. The van der Waals surface area contributed by atoms with Crippen LogP contribution in [0, 0.1) is 11.8 Å². The highest BCUT2D eigenvalue weighted by Crippen LogP contribution is 2.39. The zero-order valence-electron chi connectivity index (χ0n) is 9.10.